The van der Waals surface area contributed by atoms with Crippen molar-refractivity contribution in [2.24, 2.45) is 0 Å². The molecular formula is C15H12N2O3. The fourth-order valence-electron chi connectivity index (χ4n) is 1.80. The molecule has 0 amide bonds. The van der Waals surface area contributed by atoms with E-state index in [0.29, 0.717) is 12.4 Å². The second-order valence-corrected chi connectivity index (χ2v) is 4.24. The van der Waals surface area contributed by atoms with Gasteiger partial charge in [0.15, 0.2) is 5.82 Å². The van der Waals surface area contributed by atoms with Gasteiger partial charge in [-0.05, 0) is 29.8 Å². The van der Waals surface area contributed by atoms with Gasteiger partial charge in [0.1, 0.15) is 12.4 Å². The summed E-state index contributed by atoms with van der Waals surface area (Å²) in [4.78, 5) is 13.4. The predicted molar refractivity (Wildman–Crippen MR) is 73.3 cm³/mol. The van der Waals surface area contributed by atoms with E-state index in [2.05, 4.69) is 14.7 Å². The second kappa shape index (κ2) is 5.44. The maximum atomic E-state index is 10.9. The molecule has 1 heterocycles. The van der Waals surface area contributed by atoms with Crippen LogP contribution < -0.4 is 10.5 Å². The minimum absolute atomic E-state index is 0.407. The number of hydrogen-bond donors (Lipinski definition) is 1. The molecular weight excluding hydrogens is 256 g/mol. The number of hydrogen-bond acceptors (Lipinski definition) is 4. The quantitative estimate of drug-likeness (QED) is 0.789. The van der Waals surface area contributed by atoms with Crippen LogP contribution in [0.4, 0.5) is 0 Å². The van der Waals surface area contributed by atoms with E-state index >= 15 is 0 Å². The Kier molecular flexibility index (Phi) is 3.33. The monoisotopic (exact) mass is 268 g/mol. The lowest BCUT2D eigenvalue weighted by Gasteiger charge is -2.06. The molecule has 0 saturated carbocycles. The molecule has 0 radical (unpaired) electrons. The third-order valence-corrected chi connectivity index (χ3v) is 2.82. The summed E-state index contributed by atoms with van der Waals surface area (Å²) in [5, 5.41) is 3.63. The first-order chi connectivity index (χ1) is 9.81. The Bertz CT molecular complexity index is 730. The smallest absolute Gasteiger partial charge is 0.439 e. The van der Waals surface area contributed by atoms with Gasteiger partial charge in [-0.15, -0.1) is 0 Å². The number of nitrogens with one attached hydrogen (secondary N) is 1. The summed E-state index contributed by atoms with van der Waals surface area (Å²) in [5.41, 5.74) is 1.88. The molecule has 0 bridgehead atoms. The Balaban J connectivity index is 1.69. The summed E-state index contributed by atoms with van der Waals surface area (Å²) < 4.78 is 10.1. The largest absolute Gasteiger partial charge is 0.489 e. The summed E-state index contributed by atoms with van der Waals surface area (Å²) in [5.74, 6) is 0.595. The molecule has 0 atom stereocenters. The van der Waals surface area contributed by atoms with Crippen molar-refractivity contribution in [2.45, 2.75) is 6.61 Å². The number of H-pyrrole nitrogens is 1. The van der Waals surface area contributed by atoms with Gasteiger partial charge in [-0.25, -0.2) is 4.79 Å². The van der Waals surface area contributed by atoms with Crippen LogP contribution >= 0.6 is 0 Å². The average molecular weight is 268 g/mol. The molecule has 3 aromatic rings. The van der Waals surface area contributed by atoms with Crippen molar-refractivity contribution in [2.75, 3.05) is 0 Å². The Labute approximate surface area is 114 Å². The molecule has 0 aliphatic heterocycles. The molecule has 5 heteroatoms. The van der Waals surface area contributed by atoms with Crippen LogP contribution in [0.15, 0.2) is 63.9 Å². The first kappa shape index (κ1) is 12.2. The van der Waals surface area contributed by atoms with Crippen molar-refractivity contribution >= 4 is 0 Å². The number of aromatic amines is 1. The van der Waals surface area contributed by atoms with Crippen LogP contribution in [0.5, 0.6) is 5.75 Å². The third kappa shape index (κ3) is 2.77. The zero-order chi connectivity index (χ0) is 13.8. The molecule has 3 rings (SSSR count). The van der Waals surface area contributed by atoms with E-state index in [9.17, 15) is 4.79 Å². The molecule has 1 N–H and O–H groups in total. The van der Waals surface area contributed by atoms with Gasteiger partial charge in [-0.1, -0.05) is 35.5 Å². The topological polar surface area (TPSA) is 68.1 Å². The van der Waals surface area contributed by atoms with E-state index in [0.717, 1.165) is 16.9 Å². The van der Waals surface area contributed by atoms with Crippen molar-refractivity contribution in [1.82, 2.24) is 10.1 Å². The molecule has 0 spiro atoms. The average Bonchev–Trinajstić information content (AvgIpc) is 2.93. The molecule has 2 aromatic carbocycles. The SMILES string of the molecule is O=c1[nH]c(-c2ccc(OCc3ccccc3)cc2)no1. The molecule has 20 heavy (non-hydrogen) atoms. The summed E-state index contributed by atoms with van der Waals surface area (Å²) in [6.45, 7) is 0.515. The number of rotatable bonds is 4. The zero-order valence-corrected chi connectivity index (χ0v) is 10.6. The summed E-state index contributed by atoms with van der Waals surface area (Å²) in [7, 11) is 0. The van der Waals surface area contributed by atoms with Crippen molar-refractivity contribution in [3.8, 4) is 17.1 Å². The van der Waals surface area contributed by atoms with Crippen molar-refractivity contribution in [3.63, 3.8) is 0 Å². The summed E-state index contributed by atoms with van der Waals surface area (Å²) in [6, 6.07) is 17.2. The summed E-state index contributed by atoms with van der Waals surface area (Å²) in [6.07, 6.45) is 0. The normalized spacial score (nSPS) is 10.4. The van der Waals surface area contributed by atoms with Gasteiger partial charge in [-0.2, -0.15) is 0 Å². The molecule has 0 aliphatic carbocycles. The van der Waals surface area contributed by atoms with Gasteiger partial charge in [0.05, 0.1) is 0 Å². The van der Waals surface area contributed by atoms with Gasteiger partial charge in [0.25, 0.3) is 0 Å². The van der Waals surface area contributed by atoms with Crippen LogP contribution in [0.3, 0.4) is 0 Å². The van der Waals surface area contributed by atoms with E-state index < -0.39 is 5.76 Å². The second-order valence-electron chi connectivity index (χ2n) is 4.24. The number of ether oxygens (including phenoxy) is 1. The molecule has 100 valence electrons. The highest BCUT2D eigenvalue weighted by Gasteiger charge is 2.04. The third-order valence-electron chi connectivity index (χ3n) is 2.82. The Morgan fingerprint density at radius 1 is 1.05 bits per heavy atom. The van der Waals surface area contributed by atoms with Crippen molar-refractivity contribution in [3.05, 3.63) is 70.7 Å². The first-order valence-electron chi connectivity index (χ1n) is 6.14. The lowest BCUT2D eigenvalue weighted by atomic mass is 10.2. The van der Waals surface area contributed by atoms with Gasteiger partial charge < -0.3 is 4.74 Å². The van der Waals surface area contributed by atoms with Crippen LogP contribution in [0.25, 0.3) is 11.4 Å². The fourth-order valence-corrected chi connectivity index (χ4v) is 1.80. The van der Waals surface area contributed by atoms with Gasteiger partial charge >= 0.3 is 5.76 Å². The zero-order valence-electron chi connectivity index (χ0n) is 10.6. The first-order valence-corrected chi connectivity index (χ1v) is 6.14. The minimum Gasteiger partial charge on any atom is -0.489 e. The maximum absolute atomic E-state index is 10.9. The highest BCUT2D eigenvalue weighted by molar-refractivity contribution is 5.55. The van der Waals surface area contributed by atoms with Crippen LogP contribution in [-0.4, -0.2) is 10.1 Å². The molecule has 0 unspecified atom stereocenters. The minimum atomic E-state index is -0.565. The van der Waals surface area contributed by atoms with Gasteiger partial charge in [0, 0.05) is 5.56 Å². The van der Waals surface area contributed by atoms with Crippen molar-refractivity contribution in [1.29, 1.82) is 0 Å². The molecule has 0 aliphatic rings. The highest BCUT2D eigenvalue weighted by atomic mass is 16.5. The van der Waals surface area contributed by atoms with Gasteiger partial charge in [-0.3, -0.25) is 9.51 Å². The van der Waals surface area contributed by atoms with E-state index in [1.54, 1.807) is 0 Å². The summed E-state index contributed by atoms with van der Waals surface area (Å²) >= 11 is 0. The van der Waals surface area contributed by atoms with Crippen LogP contribution in [0.2, 0.25) is 0 Å². The van der Waals surface area contributed by atoms with Crippen LogP contribution in [0, 0.1) is 0 Å². The van der Waals surface area contributed by atoms with Crippen LogP contribution in [0.1, 0.15) is 5.56 Å². The lowest BCUT2D eigenvalue weighted by molar-refractivity contribution is 0.306. The fraction of sp³-hybridized carbons (Fsp3) is 0.0667. The van der Waals surface area contributed by atoms with E-state index in [4.69, 9.17) is 4.74 Å². The molecule has 5 nitrogen and oxygen atoms in total. The Hall–Kier alpha value is -2.82. The van der Waals surface area contributed by atoms with Crippen molar-refractivity contribution < 1.29 is 9.26 Å². The molecule has 0 saturated heterocycles. The maximum Gasteiger partial charge on any atom is 0.439 e. The lowest BCUT2D eigenvalue weighted by Crippen LogP contribution is -1.96. The number of aromatic nitrogens is 2. The number of nitrogens with zero attached hydrogens (tertiary/aromatic N) is 1. The predicted octanol–water partition coefficient (Wildman–Crippen LogP) is 2.61. The Morgan fingerprint density at radius 2 is 1.80 bits per heavy atom. The van der Waals surface area contributed by atoms with E-state index in [1.165, 1.54) is 0 Å². The highest BCUT2D eigenvalue weighted by Crippen LogP contribution is 2.19. The molecule has 0 fully saturated rings. The Morgan fingerprint density at radius 3 is 2.45 bits per heavy atom. The van der Waals surface area contributed by atoms with Crippen LogP contribution in [-0.2, 0) is 6.61 Å². The van der Waals surface area contributed by atoms with E-state index in [1.807, 2.05) is 54.6 Å². The van der Waals surface area contributed by atoms with Gasteiger partial charge in [0.2, 0.25) is 0 Å². The standard InChI is InChI=1S/C15H12N2O3/c18-15-16-14(17-20-15)12-6-8-13(9-7-12)19-10-11-4-2-1-3-5-11/h1-9H,10H2,(H,16,17,18). The van der Waals surface area contributed by atoms with E-state index in [-0.39, 0.29) is 0 Å². The number of benzene rings is 2. The molecule has 1 aromatic heterocycles.